The average molecular weight is 518 g/mol. The van der Waals surface area contributed by atoms with Crippen molar-refractivity contribution in [3.63, 3.8) is 0 Å². The summed E-state index contributed by atoms with van der Waals surface area (Å²) in [6.45, 7) is 6.09. The lowest BCUT2D eigenvalue weighted by atomic mass is 9.96. The number of carboxylic acids is 1. The molecule has 0 aromatic rings. The van der Waals surface area contributed by atoms with Crippen LogP contribution in [-0.4, -0.2) is 46.9 Å². The van der Waals surface area contributed by atoms with Gasteiger partial charge in [0.05, 0.1) is 5.41 Å². The fourth-order valence-corrected chi connectivity index (χ4v) is 3.36. The first kappa shape index (κ1) is 28.6. The van der Waals surface area contributed by atoms with Gasteiger partial charge in [-0.05, 0) is 6.42 Å². The van der Waals surface area contributed by atoms with Crippen molar-refractivity contribution in [1.82, 2.24) is 0 Å². The molecule has 0 unspecified atom stereocenters. The number of carbonyl (C=O) groups is 3. The van der Waals surface area contributed by atoms with Crippen molar-refractivity contribution < 1.29 is 29.0 Å². The van der Waals surface area contributed by atoms with E-state index in [9.17, 15) is 14.4 Å². The summed E-state index contributed by atoms with van der Waals surface area (Å²) in [6, 6.07) is 0. The van der Waals surface area contributed by atoms with Gasteiger partial charge in [0, 0.05) is 29.9 Å². The second kappa shape index (κ2) is 18.7. The smallest absolute Gasteiger partial charge is 0.305 e. The number of aliphatic carboxylic acids is 1. The SMILES string of the molecule is CCC(=O)OCC(CBr)(CBr)COC(=O)CC.CCCCCCCC(=O)O. The molecule has 0 saturated heterocycles. The van der Waals surface area contributed by atoms with Gasteiger partial charge in [0.15, 0.2) is 0 Å². The highest BCUT2D eigenvalue weighted by atomic mass is 79.9. The molecule has 0 aliphatic heterocycles. The Morgan fingerprint density at radius 1 is 0.815 bits per heavy atom. The van der Waals surface area contributed by atoms with Crippen LogP contribution in [0.4, 0.5) is 0 Å². The van der Waals surface area contributed by atoms with Gasteiger partial charge in [0.1, 0.15) is 13.2 Å². The van der Waals surface area contributed by atoms with Crippen LogP contribution in [-0.2, 0) is 23.9 Å². The fourth-order valence-electron chi connectivity index (χ4n) is 1.78. The zero-order valence-electron chi connectivity index (χ0n) is 16.7. The quantitative estimate of drug-likeness (QED) is 0.196. The third kappa shape index (κ3) is 17.2. The average Bonchev–Trinajstić information content (AvgIpc) is 2.68. The standard InChI is InChI=1S/C11H18Br2O4.C8H16O2/c1-3-9(14)16-7-11(5-12,6-13)8-17-10(15)4-2;1-2-3-4-5-6-7-8(9)10/h3-8H2,1-2H3;2-7H2,1H3,(H,9,10). The molecule has 0 fully saturated rings. The van der Waals surface area contributed by atoms with E-state index < -0.39 is 11.4 Å². The van der Waals surface area contributed by atoms with E-state index in [4.69, 9.17) is 14.6 Å². The molecule has 1 N–H and O–H groups in total. The maximum atomic E-state index is 11.1. The number of hydrogen-bond acceptors (Lipinski definition) is 5. The highest BCUT2D eigenvalue weighted by Gasteiger charge is 2.31. The molecule has 27 heavy (non-hydrogen) atoms. The van der Waals surface area contributed by atoms with Gasteiger partial charge in [0.2, 0.25) is 0 Å². The molecule has 0 rings (SSSR count). The van der Waals surface area contributed by atoms with Crippen molar-refractivity contribution in [3.05, 3.63) is 0 Å². The van der Waals surface area contributed by atoms with Crippen LogP contribution in [0.3, 0.4) is 0 Å². The highest BCUT2D eigenvalue weighted by molar-refractivity contribution is 9.09. The van der Waals surface area contributed by atoms with E-state index in [1.54, 1.807) is 13.8 Å². The first-order valence-electron chi connectivity index (χ1n) is 9.45. The lowest BCUT2D eigenvalue weighted by Gasteiger charge is -2.28. The second-order valence-electron chi connectivity index (χ2n) is 6.35. The van der Waals surface area contributed by atoms with Gasteiger partial charge >= 0.3 is 17.9 Å². The van der Waals surface area contributed by atoms with E-state index in [1.807, 2.05) is 0 Å². The van der Waals surface area contributed by atoms with Crippen LogP contribution in [0.5, 0.6) is 0 Å². The number of carboxylic acid groups (broad SMARTS) is 1. The van der Waals surface area contributed by atoms with Crippen LogP contribution in [0, 0.1) is 5.41 Å². The molecule has 0 heterocycles. The summed E-state index contributed by atoms with van der Waals surface area (Å²) >= 11 is 6.73. The Balaban J connectivity index is 0. The lowest BCUT2D eigenvalue weighted by Crippen LogP contribution is -2.37. The molecule has 0 atom stereocenters. The number of unbranched alkanes of at least 4 members (excludes halogenated alkanes) is 4. The third-order valence-electron chi connectivity index (χ3n) is 3.72. The van der Waals surface area contributed by atoms with Crippen molar-refractivity contribution >= 4 is 49.8 Å². The molecular formula is C19H34Br2O6. The summed E-state index contributed by atoms with van der Waals surface area (Å²) in [4.78, 5) is 32.3. The molecule has 0 bridgehead atoms. The fraction of sp³-hybridized carbons (Fsp3) is 0.842. The third-order valence-corrected chi connectivity index (χ3v) is 6.10. The Labute approximate surface area is 180 Å². The van der Waals surface area contributed by atoms with E-state index >= 15 is 0 Å². The van der Waals surface area contributed by atoms with Crippen LogP contribution in [0.2, 0.25) is 0 Å². The normalized spacial score (nSPS) is 10.6. The number of rotatable bonds is 14. The van der Waals surface area contributed by atoms with Gasteiger partial charge < -0.3 is 14.6 Å². The molecule has 0 aromatic carbocycles. The Hall–Kier alpha value is -0.630. The largest absolute Gasteiger partial charge is 0.481 e. The number of esters is 2. The van der Waals surface area contributed by atoms with E-state index in [0.29, 0.717) is 29.9 Å². The zero-order valence-corrected chi connectivity index (χ0v) is 19.9. The van der Waals surface area contributed by atoms with Crippen molar-refractivity contribution in [2.45, 2.75) is 72.1 Å². The summed E-state index contributed by atoms with van der Waals surface area (Å²) in [5.74, 6) is -1.17. The molecule has 160 valence electrons. The summed E-state index contributed by atoms with van der Waals surface area (Å²) in [6.07, 6.45) is 6.57. The van der Waals surface area contributed by atoms with E-state index in [2.05, 4.69) is 38.8 Å². The van der Waals surface area contributed by atoms with Crippen molar-refractivity contribution in [1.29, 1.82) is 0 Å². The number of halogens is 2. The van der Waals surface area contributed by atoms with Crippen LogP contribution in [0.15, 0.2) is 0 Å². The maximum absolute atomic E-state index is 11.1. The maximum Gasteiger partial charge on any atom is 0.305 e. The topological polar surface area (TPSA) is 89.9 Å². The molecule has 0 aliphatic rings. The Bertz CT molecular complexity index is 389. The van der Waals surface area contributed by atoms with Gasteiger partial charge in [-0.1, -0.05) is 78.3 Å². The summed E-state index contributed by atoms with van der Waals surface area (Å²) in [7, 11) is 0. The molecule has 0 amide bonds. The van der Waals surface area contributed by atoms with Crippen molar-refractivity contribution in [2.24, 2.45) is 5.41 Å². The van der Waals surface area contributed by atoms with Crippen molar-refractivity contribution in [2.75, 3.05) is 23.9 Å². The number of alkyl halides is 2. The minimum absolute atomic E-state index is 0.229. The van der Waals surface area contributed by atoms with Crippen LogP contribution < -0.4 is 0 Å². The highest BCUT2D eigenvalue weighted by Crippen LogP contribution is 2.25. The van der Waals surface area contributed by atoms with Gasteiger partial charge in [-0.2, -0.15) is 0 Å². The predicted octanol–water partition coefficient (Wildman–Crippen LogP) is 5.10. The monoisotopic (exact) mass is 516 g/mol. The van der Waals surface area contributed by atoms with E-state index in [1.165, 1.54) is 19.3 Å². The summed E-state index contributed by atoms with van der Waals surface area (Å²) < 4.78 is 10.2. The summed E-state index contributed by atoms with van der Waals surface area (Å²) in [5.41, 5.74) is -0.407. The second-order valence-corrected chi connectivity index (χ2v) is 7.48. The minimum atomic E-state index is -0.670. The van der Waals surface area contributed by atoms with E-state index in [0.717, 1.165) is 12.8 Å². The number of carbonyl (C=O) groups excluding carboxylic acids is 2. The Kier molecular flexibility index (Phi) is 19.8. The molecule has 0 aromatic heterocycles. The molecule has 8 heteroatoms. The van der Waals surface area contributed by atoms with Crippen LogP contribution in [0.1, 0.15) is 72.1 Å². The predicted molar refractivity (Wildman–Crippen MR) is 114 cm³/mol. The number of ether oxygens (including phenoxy) is 2. The molecular weight excluding hydrogens is 484 g/mol. The Morgan fingerprint density at radius 3 is 1.59 bits per heavy atom. The summed E-state index contributed by atoms with van der Waals surface area (Å²) in [5, 5.41) is 9.44. The lowest BCUT2D eigenvalue weighted by molar-refractivity contribution is -0.151. The first-order chi connectivity index (χ1) is 12.8. The van der Waals surface area contributed by atoms with Gasteiger partial charge in [-0.3, -0.25) is 14.4 Å². The van der Waals surface area contributed by atoms with Crippen LogP contribution >= 0.6 is 31.9 Å². The van der Waals surface area contributed by atoms with Gasteiger partial charge in [-0.15, -0.1) is 0 Å². The van der Waals surface area contributed by atoms with Crippen LogP contribution in [0.25, 0.3) is 0 Å². The van der Waals surface area contributed by atoms with Crippen molar-refractivity contribution in [3.8, 4) is 0 Å². The first-order valence-corrected chi connectivity index (χ1v) is 11.7. The van der Waals surface area contributed by atoms with Gasteiger partial charge in [0.25, 0.3) is 0 Å². The zero-order chi connectivity index (χ0) is 21.1. The molecule has 0 saturated carbocycles. The molecule has 0 aliphatic carbocycles. The molecule has 0 radical (unpaired) electrons. The molecule has 6 nitrogen and oxygen atoms in total. The van der Waals surface area contributed by atoms with Gasteiger partial charge in [-0.25, -0.2) is 0 Å². The molecule has 0 spiro atoms. The number of hydrogen-bond donors (Lipinski definition) is 1. The Morgan fingerprint density at radius 2 is 1.26 bits per heavy atom. The van der Waals surface area contributed by atoms with E-state index in [-0.39, 0.29) is 25.2 Å². The minimum Gasteiger partial charge on any atom is -0.481 e.